The topological polar surface area (TPSA) is 37.0 Å². The van der Waals surface area contributed by atoms with Crippen molar-refractivity contribution in [3.05, 3.63) is 12.2 Å². The third kappa shape index (κ3) is 11.2. The molecule has 2 heteroatoms. The standard InChI is InChI=1S/C12H21O2/c1-11(2)9-7-5-3-4-6-8-10-12(13)14/h8,10-11H,3-7,9H2,1-2H3. The summed E-state index contributed by atoms with van der Waals surface area (Å²) in [6.45, 7) is 4.48. The smallest absolute Gasteiger partial charge is 0.242 e. The quantitative estimate of drug-likeness (QED) is 0.433. The van der Waals surface area contributed by atoms with Gasteiger partial charge in [-0.1, -0.05) is 45.6 Å². The minimum atomic E-state index is -1.09. The first-order valence-electron chi connectivity index (χ1n) is 5.50. The fourth-order valence-corrected chi connectivity index (χ4v) is 1.35. The molecule has 81 valence electrons. The summed E-state index contributed by atoms with van der Waals surface area (Å²) < 4.78 is 0. The third-order valence-corrected chi connectivity index (χ3v) is 2.16. The predicted octanol–water partition coefficient (Wildman–Crippen LogP) is 3.50. The van der Waals surface area contributed by atoms with Crippen molar-refractivity contribution in [1.82, 2.24) is 0 Å². The van der Waals surface area contributed by atoms with E-state index in [0.717, 1.165) is 24.8 Å². The summed E-state index contributed by atoms with van der Waals surface area (Å²) in [7, 11) is 0. The van der Waals surface area contributed by atoms with Gasteiger partial charge in [-0.2, -0.15) is 0 Å². The van der Waals surface area contributed by atoms with Gasteiger partial charge < -0.3 is 0 Å². The van der Waals surface area contributed by atoms with Gasteiger partial charge in [0.1, 0.15) is 0 Å². The number of carbonyl (C=O) groups excluding carboxylic acids is 1. The van der Waals surface area contributed by atoms with Crippen molar-refractivity contribution >= 4 is 5.97 Å². The Hall–Kier alpha value is -0.790. The molecular weight excluding hydrogens is 176 g/mol. The second-order valence-corrected chi connectivity index (χ2v) is 4.11. The van der Waals surface area contributed by atoms with Crippen LogP contribution in [0.15, 0.2) is 12.2 Å². The number of hydrogen-bond donors (Lipinski definition) is 0. The lowest BCUT2D eigenvalue weighted by Crippen LogP contribution is -1.87. The summed E-state index contributed by atoms with van der Waals surface area (Å²) in [6.07, 6.45) is 9.79. The zero-order valence-corrected chi connectivity index (χ0v) is 9.29. The number of rotatable bonds is 8. The average molecular weight is 197 g/mol. The Balaban J connectivity index is 3.10. The Bertz CT molecular complexity index is 171. The van der Waals surface area contributed by atoms with E-state index >= 15 is 0 Å². The summed E-state index contributed by atoms with van der Waals surface area (Å²) in [5.41, 5.74) is 0. The minimum Gasteiger partial charge on any atom is -0.242 e. The molecule has 0 spiro atoms. The van der Waals surface area contributed by atoms with Crippen molar-refractivity contribution in [1.29, 1.82) is 0 Å². The molecule has 0 atom stereocenters. The summed E-state index contributed by atoms with van der Waals surface area (Å²) in [5.74, 6) is -0.294. The highest BCUT2D eigenvalue weighted by molar-refractivity contribution is 5.79. The van der Waals surface area contributed by atoms with Crippen molar-refractivity contribution < 1.29 is 9.90 Å². The van der Waals surface area contributed by atoms with E-state index in [1.54, 1.807) is 6.08 Å². The Morgan fingerprint density at radius 1 is 1.14 bits per heavy atom. The van der Waals surface area contributed by atoms with Crippen molar-refractivity contribution in [3.63, 3.8) is 0 Å². The molecule has 14 heavy (non-hydrogen) atoms. The lowest BCUT2D eigenvalue weighted by molar-refractivity contribution is -0.137. The first-order valence-corrected chi connectivity index (χ1v) is 5.50. The van der Waals surface area contributed by atoms with E-state index in [2.05, 4.69) is 13.8 Å². The van der Waals surface area contributed by atoms with Crippen LogP contribution in [-0.4, -0.2) is 5.97 Å². The number of hydrogen-bond acceptors (Lipinski definition) is 1. The van der Waals surface area contributed by atoms with E-state index in [0.29, 0.717) is 0 Å². The van der Waals surface area contributed by atoms with E-state index < -0.39 is 5.97 Å². The Morgan fingerprint density at radius 2 is 1.79 bits per heavy atom. The Kier molecular flexibility index (Phi) is 8.30. The molecule has 0 rings (SSSR count). The molecule has 0 aliphatic rings. The lowest BCUT2D eigenvalue weighted by Gasteiger charge is -2.02. The summed E-state index contributed by atoms with van der Waals surface area (Å²) >= 11 is 0. The largest absolute Gasteiger partial charge is 0.378 e. The summed E-state index contributed by atoms with van der Waals surface area (Å²) in [6, 6.07) is 0. The van der Waals surface area contributed by atoms with E-state index in [-0.39, 0.29) is 0 Å². The zero-order valence-electron chi connectivity index (χ0n) is 9.29. The SMILES string of the molecule is CC(C)CCCCCCC=CC([O])=O. The van der Waals surface area contributed by atoms with Crippen LogP contribution in [0.4, 0.5) is 0 Å². The molecule has 0 aliphatic heterocycles. The predicted molar refractivity (Wildman–Crippen MR) is 57.4 cm³/mol. The normalized spacial score (nSPS) is 11.4. The maximum atomic E-state index is 10.0. The Morgan fingerprint density at radius 3 is 2.36 bits per heavy atom. The molecule has 0 aromatic rings. The van der Waals surface area contributed by atoms with Gasteiger partial charge in [0.15, 0.2) is 0 Å². The molecule has 0 aromatic carbocycles. The van der Waals surface area contributed by atoms with Crippen LogP contribution in [0.1, 0.15) is 52.4 Å². The molecule has 0 aliphatic carbocycles. The molecule has 0 unspecified atom stereocenters. The second-order valence-electron chi connectivity index (χ2n) is 4.11. The van der Waals surface area contributed by atoms with Gasteiger partial charge in [-0.15, -0.1) is 0 Å². The lowest BCUT2D eigenvalue weighted by atomic mass is 10.0. The van der Waals surface area contributed by atoms with Gasteiger partial charge in [-0.3, -0.25) is 0 Å². The molecular formula is C12H21O2. The molecule has 0 N–H and O–H groups in total. The molecule has 2 nitrogen and oxygen atoms in total. The molecule has 0 heterocycles. The summed E-state index contributed by atoms with van der Waals surface area (Å²) in [4.78, 5) is 10.0. The van der Waals surface area contributed by atoms with Crippen LogP contribution in [0, 0.1) is 5.92 Å². The van der Waals surface area contributed by atoms with E-state index in [1.165, 1.54) is 25.7 Å². The molecule has 0 saturated carbocycles. The van der Waals surface area contributed by atoms with E-state index in [4.69, 9.17) is 0 Å². The van der Waals surface area contributed by atoms with Crippen LogP contribution in [0.2, 0.25) is 0 Å². The first-order chi connectivity index (χ1) is 6.63. The highest BCUT2D eigenvalue weighted by atomic mass is 16.4. The van der Waals surface area contributed by atoms with Crippen LogP contribution >= 0.6 is 0 Å². The first kappa shape index (κ1) is 13.2. The summed E-state index contributed by atoms with van der Waals surface area (Å²) in [5, 5.41) is 10.0. The zero-order chi connectivity index (χ0) is 10.8. The fraction of sp³-hybridized carbons (Fsp3) is 0.750. The highest BCUT2D eigenvalue weighted by Crippen LogP contribution is 2.10. The third-order valence-electron chi connectivity index (χ3n) is 2.16. The van der Waals surface area contributed by atoms with Gasteiger partial charge in [0, 0.05) is 6.08 Å². The van der Waals surface area contributed by atoms with Gasteiger partial charge in [0.05, 0.1) is 0 Å². The maximum absolute atomic E-state index is 10.0. The van der Waals surface area contributed by atoms with E-state index in [9.17, 15) is 9.90 Å². The number of allylic oxidation sites excluding steroid dienone is 1. The highest BCUT2D eigenvalue weighted by Gasteiger charge is 1.94. The van der Waals surface area contributed by atoms with Crippen LogP contribution in [0.25, 0.3) is 0 Å². The Labute approximate surface area is 87.0 Å². The maximum Gasteiger partial charge on any atom is 0.378 e. The van der Waals surface area contributed by atoms with Crippen molar-refractivity contribution in [2.45, 2.75) is 52.4 Å². The van der Waals surface area contributed by atoms with Gasteiger partial charge in [-0.25, -0.2) is 9.90 Å². The second kappa shape index (κ2) is 8.79. The van der Waals surface area contributed by atoms with Crippen LogP contribution in [0.5, 0.6) is 0 Å². The molecule has 0 fully saturated rings. The number of unbranched alkanes of at least 4 members (excludes halogenated alkanes) is 4. The van der Waals surface area contributed by atoms with Gasteiger partial charge in [0.2, 0.25) is 0 Å². The minimum absolute atomic E-state index is 0.799. The molecule has 0 bridgehead atoms. The average Bonchev–Trinajstić information content (AvgIpc) is 2.08. The van der Waals surface area contributed by atoms with Crippen LogP contribution in [-0.2, 0) is 9.90 Å². The molecule has 1 radical (unpaired) electrons. The van der Waals surface area contributed by atoms with Crippen LogP contribution < -0.4 is 0 Å². The van der Waals surface area contributed by atoms with Crippen LogP contribution in [0.3, 0.4) is 0 Å². The molecule has 0 saturated heterocycles. The molecule has 0 aromatic heterocycles. The van der Waals surface area contributed by atoms with E-state index in [1.807, 2.05) is 0 Å². The van der Waals surface area contributed by atoms with Crippen molar-refractivity contribution in [2.75, 3.05) is 0 Å². The van der Waals surface area contributed by atoms with Crippen molar-refractivity contribution in [3.8, 4) is 0 Å². The fourth-order valence-electron chi connectivity index (χ4n) is 1.35. The van der Waals surface area contributed by atoms with Gasteiger partial charge in [-0.05, 0) is 18.8 Å². The van der Waals surface area contributed by atoms with Gasteiger partial charge >= 0.3 is 5.97 Å². The monoisotopic (exact) mass is 197 g/mol. The number of carbonyl (C=O) groups is 1. The van der Waals surface area contributed by atoms with Gasteiger partial charge in [0.25, 0.3) is 0 Å². The van der Waals surface area contributed by atoms with Crippen molar-refractivity contribution in [2.24, 2.45) is 5.92 Å². The molecule has 0 amide bonds.